The molecule has 0 spiro atoms. The topological polar surface area (TPSA) is 85.5 Å². The van der Waals surface area contributed by atoms with Gasteiger partial charge in [-0.25, -0.2) is 18.7 Å². The van der Waals surface area contributed by atoms with Gasteiger partial charge in [-0.1, -0.05) is 23.4 Å². The summed E-state index contributed by atoms with van der Waals surface area (Å²) in [5.74, 6) is -1.31. The van der Waals surface area contributed by atoms with Gasteiger partial charge in [-0.05, 0) is 12.1 Å². The van der Waals surface area contributed by atoms with E-state index < -0.39 is 34.6 Å². The lowest BCUT2D eigenvalue weighted by Crippen LogP contribution is -2.41. The van der Waals surface area contributed by atoms with Crippen LogP contribution in [0.3, 0.4) is 0 Å². The van der Waals surface area contributed by atoms with E-state index in [-0.39, 0.29) is 42.7 Å². The van der Waals surface area contributed by atoms with Crippen molar-refractivity contribution in [3.05, 3.63) is 55.6 Å². The molecule has 1 aromatic carbocycles. The molecule has 0 bridgehead atoms. The second-order valence-electron chi connectivity index (χ2n) is 5.55. The number of alkyl halides is 3. The summed E-state index contributed by atoms with van der Waals surface area (Å²) in [6.45, 7) is 0. The van der Waals surface area contributed by atoms with Crippen molar-refractivity contribution in [1.29, 1.82) is 0 Å². The third-order valence-corrected chi connectivity index (χ3v) is 4.85. The first kappa shape index (κ1) is 20.1. The molecule has 0 aliphatic carbocycles. The summed E-state index contributed by atoms with van der Waals surface area (Å²) in [7, 11) is 0.806. The number of amidine groups is 1. The standard InChI is InChI=1S/C15H9ClF4N4O3S/c1-23-10(15(18,19)20)4-12(26)24(14(23)27)9-3-8(6(16)2-7(9)17)21-13-22-11(25)5-28-13/h2-4H,5H2,1H3,(H,21,22,25). The maximum absolute atomic E-state index is 14.4. The van der Waals surface area contributed by atoms with Crippen LogP contribution in [0.5, 0.6) is 0 Å². The van der Waals surface area contributed by atoms with Gasteiger partial charge in [-0.2, -0.15) is 13.2 Å². The van der Waals surface area contributed by atoms with Crippen molar-refractivity contribution < 1.29 is 22.4 Å². The number of amides is 1. The lowest BCUT2D eigenvalue weighted by molar-refractivity contribution is -0.144. The minimum Gasteiger partial charge on any atom is -0.304 e. The Morgan fingerprint density at radius 1 is 1.21 bits per heavy atom. The molecule has 2 heterocycles. The van der Waals surface area contributed by atoms with E-state index in [1.165, 1.54) is 0 Å². The molecular formula is C15H9ClF4N4O3S. The Hall–Kier alpha value is -2.60. The Morgan fingerprint density at radius 2 is 1.89 bits per heavy atom. The second-order valence-corrected chi connectivity index (χ2v) is 6.92. The predicted molar refractivity (Wildman–Crippen MR) is 94.9 cm³/mol. The highest BCUT2D eigenvalue weighted by Crippen LogP contribution is 2.31. The van der Waals surface area contributed by atoms with Gasteiger partial charge in [-0.3, -0.25) is 14.2 Å². The molecule has 1 aromatic heterocycles. The minimum atomic E-state index is -4.94. The number of nitrogens with zero attached hydrogens (tertiary/aromatic N) is 3. The summed E-state index contributed by atoms with van der Waals surface area (Å²) in [5, 5.41) is 2.40. The van der Waals surface area contributed by atoms with E-state index in [0.29, 0.717) is 0 Å². The SMILES string of the molecule is Cn1c(C(F)(F)F)cc(=O)n(-c2cc(N=C3NC(=O)CS3)c(Cl)cc2F)c1=O. The first-order valence-corrected chi connectivity index (χ1v) is 8.76. The number of thioether (sulfide) groups is 1. The zero-order chi connectivity index (χ0) is 20.8. The summed E-state index contributed by atoms with van der Waals surface area (Å²) in [6.07, 6.45) is -4.94. The van der Waals surface area contributed by atoms with E-state index in [0.717, 1.165) is 30.9 Å². The smallest absolute Gasteiger partial charge is 0.304 e. The summed E-state index contributed by atoms with van der Waals surface area (Å²) in [6, 6.07) is 1.89. The van der Waals surface area contributed by atoms with Crippen LogP contribution in [0, 0.1) is 5.82 Å². The second kappa shape index (κ2) is 7.09. The maximum Gasteiger partial charge on any atom is 0.431 e. The molecule has 3 rings (SSSR count). The number of aliphatic imine (C=N–C) groups is 1. The van der Waals surface area contributed by atoms with Crippen molar-refractivity contribution in [3.63, 3.8) is 0 Å². The molecular weight excluding hydrogens is 428 g/mol. The van der Waals surface area contributed by atoms with Crippen LogP contribution in [0.25, 0.3) is 5.69 Å². The van der Waals surface area contributed by atoms with Gasteiger partial charge in [0.25, 0.3) is 5.56 Å². The van der Waals surface area contributed by atoms with Crippen molar-refractivity contribution >= 4 is 40.1 Å². The maximum atomic E-state index is 14.4. The number of hydrogen-bond donors (Lipinski definition) is 1. The largest absolute Gasteiger partial charge is 0.431 e. The summed E-state index contributed by atoms with van der Waals surface area (Å²) >= 11 is 6.96. The number of aromatic nitrogens is 2. The van der Waals surface area contributed by atoms with Crippen LogP contribution in [-0.4, -0.2) is 26.0 Å². The van der Waals surface area contributed by atoms with E-state index in [4.69, 9.17) is 11.6 Å². The zero-order valence-corrected chi connectivity index (χ0v) is 15.4. The molecule has 0 radical (unpaired) electrons. The number of hydrogen-bond acceptors (Lipinski definition) is 5. The Morgan fingerprint density at radius 3 is 2.46 bits per heavy atom. The van der Waals surface area contributed by atoms with E-state index >= 15 is 0 Å². The van der Waals surface area contributed by atoms with Gasteiger partial charge in [0.05, 0.1) is 22.2 Å². The minimum absolute atomic E-state index is 0.0865. The Labute approximate surface area is 162 Å². The molecule has 13 heteroatoms. The van der Waals surface area contributed by atoms with Crippen LogP contribution >= 0.6 is 23.4 Å². The predicted octanol–water partition coefficient (Wildman–Crippen LogP) is 2.20. The van der Waals surface area contributed by atoms with Gasteiger partial charge >= 0.3 is 11.9 Å². The van der Waals surface area contributed by atoms with Crippen LogP contribution in [0.1, 0.15) is 5.69 Å². The number of halogens is 5. The van der Waals surface area contributed by atoms with Crippen molar-refractivity contribution in [3.8, 4) is 5.69 Å². The first-order valence-electron chi connectivity index (χ1n) is 7.40. The average molecular weight is 437 g/mol. The van der Waals surface area contributed by atoms with Crippen LogP contribution in [0.15, 0.2) is 32.8 Å². The molecule has 1 N–H and O–H groups in total. The van der Waals surface area contributed by atoms with Gasteiger partial charge < -0.3 is 5.32 Å². The third-order valence-electron chi connectivity index (χ3n) is 3.68. The monoisotopic (exact) mass is 436 g/mol. The summed E-state index contributed by atoms with van der Waals surface area (Å²) in [4.78, 5) is 39.7. The van der Waals surface area contributed by atoms with Gasteiger partial charge in [0, 0.05) is 13.1 Å². The zero-order valence-electron chi connectivity index (χ0n) is 13.8. The molecule has 0 unspecified atom stereocenters. The lowest BCUT2D eigenvalue weighted by atomic mass is 10.2. The summed E-state index contributed by atoms with van der Waals surface area (Å²) in [5.41, 5.74) is -4.96. The number of carbonyl (C=O) groups is 1. The van der Waals surface area contributed by atoms with Crippen molar-refractivity contribution in [2.75, 3.05) is 5.75 Å². The van der Waals surface area contributed by atoms with Gasteiger partial charge in [0.15, 0.2) is 5.17 Å². The Balaban J connectivity index is 2.21. The highest BCUT2D eigenvalue weighted by Gasteiger charge is 2.35. The molecule has 1 amide bonds. The van der Waals surface area contributed by atoms with Crippen LogP contribution in [0.4, 0.5) is 23.2 Å². The molecule has 0 saturated carbocycles. The Kier molecular flexibility index (Phi) is 5.10. The van der Waals surface area contributed by atoms with Crippen molar-refractivity contribution in [2.24, 2.45) is 12.0 Å². The van der Waals surface area contributed by atoms with E-state index in [2.05, 4.69) is 10.3 Å². The molecule has 0 atom stereocenters. The van der Waals surface area contributed by atoms with Crippen LogP contribution in [0.2, 0.25) is 5.02 Å². The quantitative estimate of drug-likeness (QED) is 0.731. The van der Waals surface area contributed by atoms with Crippen LogP contribution < -0.4 is 16.6 Å². The van der Waals surface area contributed by atoms with Gasteiger partial charge in [-0.15, -0.1) is 0 Å². The lowest BCUT2D eigenvalue weighted by Gasteiger charge is -2.14. The fourth-order valence-electron chi connectivity index (χ4n) is 2.40. The molecule has 148 valence electrons. The molecule has 1 fully saturated rings. The molecule has 1 aliphatic heterocycles. The fourth-order valence-corrected chi connectivity index (χ4v) is 3.28. The molecule has 28 heavy (non-hydrogen) atoms. The number of carbonyl (C=O) groups excluding carboxylic acids is 1. The number of nitrogens with one attached hydrogen (secondary N) is 1. The highest BCUT2D eigenvalue weighted by molar-refractivity contribution is 8.15. The molecule has 2 aromatic rings. The van der Waals surface area contributed by atoms with Crippen molar-refractivity contribution in [1.82, 2.24) is 14.5 Å². The van der Waals surface area contributed by atoms with E-state index in [1.807, 2.05) is 0 Å². The molecule has 1 aliphatic rings. The van der Waals surface area contributed by atoms with Gasteiger partial charge in [0.1, 0.15) is 11.5 Å². The Bertz CT molecular complexity index is 1140. The van der Waals surface area contributed by atoms with Crippen LogP contribution in [-0.2, 0) is 18.0 Å². The van der Waals surface area contributed by atoms with E-state index in [1.54, 1.807) is 0 Å². The van der Waals surface area contributed by atoms with E-state index in [9.17, 15) is 31.9 Å². The molecule has 1 saturated heterocycles. The van der Waals surface area contributed by atoms with Crippen molar-refractivity contribution in [2.45, 2.75) is 6.18 Å². The highest BCUT2D eigenvalue weighted by atomic mass is 35.5. The first-order chi connectivity index (χ1) is 13.0. The third kappa shape index (κ3) is 3.69. The summed E-state index contributed by atoms with van der Waals surface area (Å²) < 4.78 is 53.6. The molecule has 7 nitrogen and oxygen atoms in total. The average Bonchev–Trinajstić information content (AvgIpc) is 2.99. The van der Waals surface area contributed by atoms with Gasteiger partial charge in [0.2, 0.25) is 5.91 Å². The number of benzene rings is 1. The normalized spacial score (nSPS) is 15.9. The fraction of sp³-hybridized carbons (Fsp3) is 0.200. The number of rotatable bonds is 2.